The predicted octanol–water partition coefficient (Wildman–Crippen LogP) is 1.94. The molecule has 1 aromatic rings. The van der Waals surface area contributed by atoms with Gasteiger partial charge < -0.3 is 9.64 Å². The van der Waals surface area contributed by atoms with Gasteiger partial charge in [0.25, 0.3) is 0 Å². The lowest BCUT2D eigenvalue weighted by Crippen LogP contribution is -2.24. The van der Waals surface area contributed by atoms with Crippen molar-refractivity contribution in [3.05, 3.63) is 17.9 Å². The predicted molar refractivity (Wildman–Crippen MR) is 64.1 cm³/mol. The summed E-state index contributed by atoms with van der Waals surface area (Å²) in [5.74, 6) is 0.532. The fourth-order valence-electron chi connectivity index (χ4n) is 1.17. The Balaban J connectivity index is 2.92. The Kier molecular flexibility index (Phi) is 4.98. The lowest BCUT2D eigenvalue weighted by Gasteiger charge is -2.18. The molecule has 0 spiro atoms. The lowest BCUT2D eigenvalue weighted by molar-refractivity contribution is 0.332. The molecular formula is C10H15ClN4O. The van der Waals surface area contributed by atoms with Crippen molar-refractivity contribution in [3.63, 3.8) is 0 Å². The van der Waals surface area contributed by atoms with Gasteiger partial charge in [-0.3, -0.25) is 0 Å². The Morgan fingerprint density at radius 2 is 2.00 bits per heavy atom. The van der Waals surface area contributed by atoms with Crippen LogP contribution < -0.4 is 9.64 Å². The van der Waals surface area contributed by atoms with Gasteiger partial charge in [-0.05, 0) is 25.4 Å². The zero-order chi connectivity index (χ0) is 12.0. The Bertz CT molecular complexity index is 355. The molecule has 0 saturated heterocycles. The molecule has 0 amide bonds. The molecule has 0 aromatic carbocycles. The Hall–Kier alpha value is -1.36. The van der Waals surface area contributed by atoms with Crippen LogP contribution in [0.3, 0.4) is 0 Å². The maximum Gasteiger partial charge on any atom is 0.322 e. The quantitative estimate of drug-likeness (QED) is 0.714. The van der Waals surface area contributed by atoms with Crippen LogP contribution in [0.15, 0.2) is 12.7 Å². The molecule has 0 unspecified atom stereocenters. The van der Waals surface area contributed by atoms with E-state index >= 15 is 0 Å². The molecule has 0 N–H and O–H groups in total. The van der Waals surface area contributed by atoms with Crippen molar-refractivity contribution in [2.75, 3.05) is 24.6 Å². The van der Waals surface area contributed by atoms with Crippen LogP contribution in [0.2, 0.25) is 5.28 Å². The molecule has 6 heteroatoms. The largest absolute Gasteiger partial charge is 0.459 e. The summed E-state index contributed by atoms with van der Waals surface area (Å²) < 4.78 is 5.22. The highest BCUT2D eigenvalue weighted by molar-refractivity contribution is 6.28. The molecule has 1 rings (SSSR count). The normalized spacial score (nSPS) is 9.94. The van der Waals surface area contributed by atoms with Gasteiger partial charge in [0.2, 0.25) is 11.2 Å². The second kappa shape index (κ2) is 6.27. The van der Waals surface area contributed by atoms with Crippen molar-refractivity contribution in [1.82, 2.24) is 15.0 Å². The van der Waals surface area contributed by atoms with Crippen LogP contribution in [-0.2, 0) is 0 Å². The number of rotatable bonds is 6. The average molecular weight is 243 g/mol. The number of hydrogen-bond donors (Lipinski definition) is 0. The molecule has 0 bridgehead atoms. The molecule has 0 aliphatic carbocycles. The van der Waals surface area contributed by atoms with Crippen molar-refractivity contribution < 1.29 is 4.74 Å². The zero-order valence-corrected chi connectivity index (χ0v) is 10.2. The van der Waals surface area contributed by atoms with E-state index in [0.29, 0.717) is 12.6 Å². The van der Waals surface area contributed by atoms with E-state index in [-0.39, 0.29) is 11.3 Å². The molecule has 16 heavy (non-hydrogen) atoms. The molecule has 1 aromatic heterocycles. The molecule has 1 heterocycles. The number of halogens is 1. The third-order valence-electron chi connectivity index (χ3n) is 1.95. The van der Waals surface area contributed by atoms with Gasteiger partial charge in [-0.25, -0.2) is 0 Å². The number of hydrogen-bond acceptors (Lipinski definition) is 5. The van der Waals surface area contributed by atoms with Gasteiger partial charge in [-0.2, -0.15) is 15.0 Å². The zero-order valence-electron chi connectivity index (χ0n) is 9.48. The second-order valence-corrected chi connectivity index (χ2v) is 3.30. The minimum atomic E-state index is 0.135. The summed E-state index contributed by atoms with van der Waals surface area (Å²) in [5, 5.41) is 0.135. The third-order valence-corrected chi connectivity index (χ3v) is 2.12. The van der Waals surface area contributed by atoms with Crippen molar-refractivity contribution in [1.29, 1.82) is 0 Å². The maximum absolute atomic E-state index is 5.79. The minimum Gasteiger partial charge on any atom is -0.459 e. The van der Waals surface area contributed by atoms with Gasteiger partial charge in [0, 0.05) is 13.1 Å². The molecule has 0 fully saturated rings. The van der Waals surface area contributed by atoms with E-state index < -0.39 is 0 Å². The molecule has 5 nitrogen and oxygen atoms in total. The summed E-state index contributed by atoms with van der Waals surface area (Å²) >= 11 is 5.79. The van der Waals surface area contributed by atoms with Crippen molar-refractivity contribution in [3.8, 4) is 6.01 Å². The van der Waals surface area contributed by atoms with Gasteiger partial charge in [0.15, 0.2) is 0 Å². The average Bonchev–Trinajstić information content (AvgIpc) is 2.27. The van der Waals surface area contributed by atoms with Gasteiger partial charge in [-0.1, -0.05) is 12.7 Å². The van der Waals surface area contributed by atoms with E-state index in [1.165, 1.54) is 0 Å². The smallest absolute Gasteiger partial charge is 0.322 e. The molecule has 0 atom stereocenters. The van der Waals surface area contributed by atoms with E-state index in [0.717, 1.165) is 13.1 Å². The van der Waals surface area contributed by atoms with Crippen LogP contribution in [0, 0.1) is 0 Å². The van der Waals surface area contributed by atoms with Crippen LogP contribution in [0.1, 0.15) is 13.8 Å². The van der Waals surface area contributed by atoms with E-state index in [9.17, 15) is 0 Å². The first kappa shape index (κ1) is 12.7. The molecule has 0 radical (unpaired) electrons. The summed E-state index contributed by atoms with van der Waals surface area (Å²) in [6.45, 7) is 9.54. The van der Waals surface area contributed by atoms with E-state index in [2.05, 4.69) is 21.5 Å². The van der Waals surface area contributed by atoms with Crippen LogP contribution in [0.4, 0.5) is 5.95 Å². The molecule has 0 saturated carbocycles. The lowest BCUT2D eigenvalue weighted by atomic mass is 10.5. The summed E-state index contributed by atoms with van der Waals surface area (Å²) in [6.07, 6.45) is 1.62. The van der Waals surface area contributed by atoms with Crippen molar-refractivity contribution >= 4 is 17.5 Å². The molecular weight excluding hydrogens is 228 g/mol. The standard InChI is InChI=1S/C10H15ClN4O/c1-4-7-16-10-13-8(11)12-9(14-10)15(5-2)6-3/h4H,1,5-7H2,2-3H3. The summed E-state index contributed by atoms with van der Waals surface area (Å²) in [7, 11) is 0. The van der Waals surface area contributed by atoms with E-state index in [4.69, 9.17) is 16.3 Å². The Labute approximate surface area is 100 Å². The Morgan fingerprint density at radius 3 is 2.56 bits per heavy atom. The fourth-order valence-corrected chi connectivity index (χ4v) is 1.32. The van der Waals surface area contributed by atoms with Crippen LogP contribution in [0.5, 0.6) is 6.01 Å². The van der Waals surface area contributed by atoms with Crippen LogP contribution in [0.25, 0.3) is 0 Å². The SMILES string of the molecule is C=CCOc1nc(Cl)nc(N(CC)CC)n1. The van der Waals surface area contributed by atoms with Gasteiger partial charge >= 0.3 is 6.01 Å². The Morgan fingerprint density at radius 1 is 1.31 bits per heavy atom. The maximum atomic E-state index is 5.79. The van der Waals surface area contributed by atoms with Gasteiger partial charge in [0.05, 0.1) is 0 Å². The molecule has 88 valence electrons. The van der Waals surface area contributed by atoms with Gasteiger partial charge in [0.1, 0.15) is 6.61 Å². The van der Waals surface area contributed by atoms with Crippen molar-refractivity contribution in [2.24, 2.45) is 0 Å². The number of nitrogens with zero attached hydrogens (tertiary/aromatic N) is 4. The minimum absolute atomic E-state index is 0.135. The van der Waals surface area contributed by atoms with Crippen LogP contribution in [-0.4, -0.2) is 34.6 Å². The molecule has 0 aliphatic heterocycles. The summed E-state index contributed by atoms with van der Waals surface area (Å²) in [5.41, 5.74) is 0. The first-order valence-electron chi connectivity index (χ1n) is 5.11. The summed E-state index contributed by atoms with van der Waals surface area (Å²) in [4.78, 5) is 14.0. The van der Waals surface area contributed by atoms with E-state index in [1.54, 1.807) is 6.08 Å². The van der Waals surface area contributed by atoms with Crippen LogP contribution >= 0.6 is 11.6 Å². The second-order valence-electron chi connectivity index (χ2n) is 2.96. The topological polar surface area (TPSA) is 51.1 Å². The monoisotopic (exact) mass is 242 g/mol. The first-order chi connectivity index (χ1) is 7.71. The highest BCUT2D eigenvalue weighted by atomic mass is 35.5. The fraction of sp³-hybridized carbons (Fsp3) is 0.500. The molecule has 0 aliphatic rings. The number of anilines is 1. The van der Waals surface area contributed by atoms with Gasteiger partial charge in [-0.15, -0.1) is 0 Å². The first-order valence-corrected chi connectivity index (χ1v) is 5.49. The number of aromatic nitrogens is 3. The third kappa shape index (κ3) is 3.34. The number of ether oxygens (including phenoxy) is 1. The van der Waals surface area contributed by atoms with Crippen molar-refractivity contribution in [2.45, 2.75) is 13.8 Å². The highest BCUT2D eigenvalue weighted by Gasteiger charge is 2.10. The highest BCUT2D eigenvalue weighted by Crippen LogP contribution is 2.14. The summed E-state index contributed by atoms with van der Waals surface area (Å²) in [6, 6.07) is 0.224. The van der Waals surface area contributed by atoms with E-state index in [1.807, 2.05) is 18.7 Å².